The SMILES string of the molecule is CCCCn1nc(C(=O)NC(C)c2cccc(F)c2)c2cc(-c3ccc(C(=N)NC(=O)C4CC4)c(N)c3)ccc21. The third-order valence-corrected chi connectivity index (χ3v) is 7.24. The third kappa shape index (κ3) is 5.73. The average Bonchev–Trinajstić information content (AvgIpc) is 3.73. The normalized spacial score (nSPS) is 13.7. The molecular formula is C31H33FN6O2. The van der Waals surface area contributed by atoms with E-state index in [0.29, 0.717) is 34.4 Å². The lowest BCUT2D eigenvalue weighted by molar-refractivity contribution is -0.120. The van der Waals surface area contributed by atoms with Crippen molar-refractivity contribution >= 4 is 34.2 Å². The molecule has 1 aromatic heterocycles. The Labute approximate surface area is 232 Å². The van der Waals surface area contributed by atoms with Gasteiger partial charge in [0.05, 0.1) is 11.6 Å². The molecule has 3 aromatic carbocycles. The molecule has 1 fully saturated rings. The Morgan fingerprint density at radius 1 is 1.12 bits per heavy atom. The number of aryl methyl sites for hydroxylation is 1. The van der Waals surface area contributed by atoms with Crippen molar-refractivity contribution in [2.45, 2.75) is 52.1 Å². The van der Waals surface area contributed by atoms with Crippen molar-refractivity contribution < 1.29 is 14.0 Å². The maximum absolute atomic E-state index is 13.7. The minimum Gasteiger partial charge on any atom is -0.398 e. The number of rotatable bonds is 9. The van der Waals surface area contributed by atoms with Crippen LogP contribution in [0.3, 0.4) is 0 Å². The molecule has 1 aliphatic carbocycles. The van der Waals surface area contributed by atoms with E-state index in [1.165, 1.54) is 12.1 Å². The largest absolute Gasteiger partial charge is 0.398 e. The molecule has 1 atom stereocenters. The van der Waals surface area contributed by atoms with Crippen molar-refractivity contribution in [1.82, 2.24) is 20.4 Å². The number of amidine groups is 1. The van der Waals surface area contributed by atoms with Crippen LogP contribution in [0.4, 0.5) is 10.1 Å². The molecular weight excluding hydrogens is 507 g/mol. The molecule has 4 aromatic rings. The summed E-state index contributed by atoms with van der Waals surface area (Å²) in [6.45, 7) is 4.59. The van der Waals surface area contributed by atoms with Crippen LogP contribution < -0.4 is 16.4 Å². The summed E-state index contributed by atoms with van der Waals surface area (Å²) >= 11 is 0. The Morgan fingerprint density at radius 2 is 1.88 bits per heavy atom. The van der Waals surface area contributed by atoms with Gasteiger partial charge in [-0.25, -0.2) is 4.39 Å². The number of carbonyl (C=O) groups is 2. The van der Waals surface area contributed by atoms with Crippen molar-refractivity contribution in [3.05, 3.63) is 83.3 Å². The number of fused-ring (bicyclic) bond motifs is 1. The summed E-state index contributed by atoms with van der Waals surface area (Å²) in [5.41, 5.74) is 10.6. The molecule has 206 valence electrons. The maximum atomic E-state index is 13.7. The fourth-order valence-corrected chi connectivity index (χ4v) is 4.74. The van der Waals surface area contributed by atoms with Gasteiger partial charge in [-0.15, -0.1) is 0 Å². The number of hydrogen-bond donors (Lipinski definition) is 4. The number of amides is 2. The van der Waals surface area contributed by atoms with Crippen molar-refractivity contribution in [2.24, 2.45) is 5.92 Å². The smallest absolute Gasteiger partial charge is 0.272 e. The number of anilines is 1. The van der Waals surface area contributed by atoms with E-state index in [4.69, 9.17) is 11.1 Å². The van der Waals surface area contributed by atoms with Crippen LogP contribution in [0.5, 0.6) is 0 Å². The molecule has 40 heavy (non-hydrogen) atoms. The Hall–Kier alpha value is -4.53. The van der Waals surface area contributed by atoms with E-state index >= 15 is 0 Å². The molecule has 1 saturated carbocycles. The number of carbonyl (C=O) groups excluding carboxylic acids is 2. The summed E-state index contributed by atoms with van der Waals surface area (Å²) in [4.78, 5) is 25.5. The molecule has 9 heteroatoms. The second kappa shape index (κ2) is 11.3. The van der Waals surface area contributed by atoms with Crippen molar-refractivity contribution in [3.63, 3.8) is 0 Å². The highest BCUT2D eigenvalue weighted by Gasteiger charge is 2.30. The topological polar surface area (TPSA) is 126 Å². The van der Waals surface area contributed by atoms with Gasteiger partial charge >= 0.3 is 0 Å². The second-order valence-electron chi connectivity index (χ2n) is 10.3. The van der Waals surface area contributed by atoms with Crippen LogP contribution in [-0.4, -0.2) is 27.4 Å². The van der Waals surface area contributed by atoms with Gasteiger partial charge in [0.15, 0.2) is 5.69 Å². The summed E-state index contributed by atoms with van der Waals surface area (Å²) in [5.74, 6) is -0.863. The quantitative estimate of drug-likeness (QED) is 0.126. The monoisotopic (exact) mass is 540 g/mol. The first-order chi connectivity index (χ1) is 19.2. The van der Waals surface area contributed by atoms with Gasteiger partial charge < -0.3 is 16.4 Å². The van der Waals surface area contributed by atoms with Gasteiger partial charge in [0.1, 0.15) is 11.7 Å². The number of benzene rings is 3. The number of hydrogen-bond acceptors (Lipinski definition) is 5. The van der Waals surface area contributed by atoms with E-state index in [0.717, 1.165) is 42.3 Å². The summed E-state index contributed by atoms with van der Waals surface area (Å²) in [6, 6.07) is 16.9. The zero-order valence-electron chi connectivity index (χ0n) is 22.6. The van der Waals surface area contributed by atoms with E-state index in [2.05, 4.69) is 22.7 Å². The van der Waals surface area contributed by atoms with Gasteiger partial charge in [0.2, 0.25) is 5.91 Å². The molecule has 0 radical (unpaired) electrons. The molecule has 0 saturated heterocycles. The summed E-state index contributed by atoms with van der Waals surface area (Å²) in [5, 5.41) is 19.2. The number of unbranched alkanes of at least 4 members (excludes halogenated alkanes) is 1. The lowest BCUT2D eigenvalue weighted by Gasteiger charge is -2.14. The Morgan fingerprint density at radius 3 is 2.58 bits per heavy atom. The molecule has 1 heterocycles. The molecule has 8 nitrogen and oxygen atoms in total. The molecule has 0 spiro atoms. The first-order valence-corrected chi connectivity index (χ1v) is 13.6. The van der Waals surface area contributed by atoms with Crippen LogP contribution in [-0.2, 0) is 11.3 Å². The highest BCUT2D eigenvalue weighted by molar-refractivity contribution is 6.10. The predicted molar refractivity (Wildman–Crippen MR) is 154 cm³/mol. The number of nitrogen functional groups attached to an aromatic ring is 1. The fourth-order valence-electron chi connectivity index (χ4n) is 4.74. The number of halogens is 1. The van der Waals surface area contributed by atoms with Crippen LogP contribution >= 0.6 is 0 Å². The van der Waals surface area contributed by atoms with Gasteiger partial charge in [-0.05, 0) is 79.3 Å². The van der Waals surface area contributed by atoms with E-state index in [1.54, 1.807) is 24.3 Å². The molecule has 1 unspecified atom stereocenters. The molecule has 0 bridgehead atoms. The summed E-state index contributed by atoms with van der Waals surface area (Å²) < 4.78 is 15.6. The van der Waals surface area contributed by atoms with Crippen LogP contribution in [0.1, 0.15) is 67.2 Å². The van der Waals surface area contributed by atoms with Gasteiger partial charge in [-0.3, -0.25) is 19.7 Å². The Bertz CT molecular complexity index is 1610. The molecule has 5 rings (SSSR count). The molecule has 1 aliphatic rings. The highest BCUT2D eigenvalue weighted by Crippen LogP contribution is 2.31. The first-order valence-electron chi connectivity index (χ1n) is 13.6. The summed E-state index contributed by atoms with van der Waals surface area (Å²) in [6.07, 6.45) is 3.61. The Kier molecular flexibility index (Phi) is 7.64. The highest BCUT2D eigenvalue weighted by atomic mass is 19.1. The summed E-state index contributed by atoms with van der Waals surface area (Å²) in [7, 11) is 0. The van der Waals surface area contributed by atoms with Crippen molar-refractivity contribution in [2.75, 3.05) is 5.73 Å². The average molecular weight is 541 g/mol. The van der Waals surface area contributed by atoms with E-state index < -0.39 is 6.04 Å². The van der Waals surface area contributed by atoms with Gasteiger partial charge in [0.25, 0.3) is 5.91 Å². The third-order valence-electron chi connectivity index (χ3n) is 7.24. The van der Waals surface area contributed by atoms with Crippen LogP contribution in [0.2, 0.25) is 0 Å². The van der Waals surface area contributed by atoms with Crippen molar-refractivity contribution in [3.8, 4) is 11.1 Å². The lowest BCUT2D eigenvalue weighted by atomic mass is 10.00. The first kappa shape index (κ1) is 27.1. The maximum Gasteiger partial charge on any atom is 0.272 e. The van der Waals surface area contributed by atoms with Crippen LogP contribution in [0.25, 0.3) is 22.0 Å². The number of aromatic nitrogens is 2. The second-order valence-corrected chi connectivity index (χ2v) is 10.3. The van der Waals surface area contributed by atoms with Gasteiger partial charge in [-0.2, -0.15) is 5.10 Å². The van der Waals surface area contributed by atoms with Gasteiger partial charge in [-0.1, -0.05) is 37.6 Å². The van der Waals surface area contributed by atoms with Gasteiger partial charge in [0, 0.05) is 29.1 Å². The Balaban J connectivity index is 1.45. The minimum atomic E-state index is -0.412. The van der Waals surface area contributed by atoms with E-state index in [1.807, 2.05) is 35.9 Å². The molecule has 5 N–H and O–H groups in total. The van der Waals surface area contributed by atoms with E-state index in [9.17, 15) is 14.0 Å². The number of nitrogens with two attached hydrogens (primary N) is 1. The zero-order valence-corrected chi connectivity index (χ0v) is 22.6. The van der Waals surface area contributed by atoms with E-state index in [-0.39, 0.29) is 29.4 Å². The van der Waals surface area contributed by atoms with Crippen LogP contribution in [0, 0.1) is 17.1 Å². The number of nitrogens with zero attached hydrogens (tertiary/aromatic N) is 2. The molecule has 2 amide bonds. The molecule has 0 aliphatic heterocycles. The lowest BCUT2D eigenvalue weighted by Crippen LogP contribution is -2.32. The van der Waals surface area contributed by atoms with Crippen molar-refractivity contribution in [1.29, 1.82) is 5.41 Å². The standard InChI is InChI=1S/C31H33FN6O2/c1-3-4-14-38-27-13-11-21(22-10-12-24(26(33)17-22)29(34)36-30(39)19-8-9-19)16-25(27)28(37-38)31(40)35-18(2)20-6-5-7-23(32)15-20/h5-7,10-13,15-19H,3-4,8-9,14,33H2,1-2H3,(H,35,40)(H2,34,36,39). The van der Waals surface area contributed by atoms with Crippen LogP contribution in [0.15, 0.2) is 60.7 Å². The fraction of sp³-hybridized carbons (Fsp3) is 0.290. The predicted octanol–water partition coefficient (Wildman–Crippen LogP) is 5.57. The minimum absolute atomic E-state index is 0.00550. The zero-order chi connectivity index (χ0) is 28.4. The number of nitrogens with one attached hydrogen (secondary N) is 3.